The first-order valence-electron chi connectivity index (χ1n) is 6.01. The van der Waals surface area contributed by atoms with E-state index in [1.165, 1.54) is 7.11 Å². The number of nitrogens with zero attached hydrogens (tertiary/aromatic N) is 2. The molecule has 2 unspecified atom stereocenters. The Morgan fingerprint density at radius 2 is 2.16 bits per heavy atom. The summed E-state index contributed by atoms with van der Waals surface area (Å²) in [6.07, 6.45) is 1.59. The second kappa shape index (κ2) is 5.69. The lowest BCUT2D eigenvalue weighted by Crippen LogP contribution is -2.30. The SMILES string of the molecule is COC(=O)C1CN(C(=O)c2ccc(Br)cn2)CC1C. The molecule has 1 aromatic rings. The van der Waals surface area contributed by atoms with Crippen molar-refractivity contribution < 1.29 is 14.3 Å². The largest absolute Gasteiger partial charge is 0.469 e. The van der Waals surface area contributed by atoms with E-state index in [-0.39, 0.29) is 23.7 Å². The Kier molecular flexibility index (Phi) is 4.19. The van der Waals surface area contributed by atoms with Gasteiger partial charge < -0.3 is 9.64 Å². The number of carbonyl (C=O) groups is 2. The first kappa shape index (κ1) is 14.0. The molecule has 1 aliphatic heterocycles. The van der Waals surface area contributed by atoms with Crippen molar-refractivity contribution in [2.75, 3.05) is 20.2 Å². The molecule has 0 aliphatic carbocycles. The molecule has 0 bridgehead atoms. The van der Waals surface area contributed by atoms with E-state index in [1.807, 2.05) is 6.92 Å². The first-order valence-corrected chi connectivity index (χ1v) is 6.81. The molecule has 0 aromatic carbocycles. The Balaban J connectivity index is 2.09. The van der Waals surface area contributed by atoms with Crippen LogP contribution < -0.4 is 0 Å². The zero-order valence-corrected chi connectivity index (χ0v) is 12.4. The number of hydrogen-bond donors (Lipinski definition) is 0. The van der Waals surface area contributed by atoms with Gasteiger partial charge in [0.25, 0.3) is 5.91 Å². The van der Waals surface area contributed by atoms with E-state index >= 15 is 0 Å². The van der Waals surface area contributed by atoms with Gasteiger partial charge in [-0.05, 0) is 34.0 Å². The Morgan fingerprint density at radius 1 is 1.42 bits per heavy atom. The number of methoxy groups -OCH3 is 1. The molecule has 0 N–H and O–H groups in total. The summed E-state index contributed by atoms with van der Waals surface area (Å²) in [5.41, 5.74) is 0.390. The third-order valence-electron chi connectivity index (χ3n) is 3.35. The molecule has 6 heteroatoms. The van der Waals surface area contributed by atoms with Gasteiger partial charge in [-0.25, -0.2) is 4.98 Å². The molecule has 2 atom stereocenters. The molecule has 0 radical (unpaired) electrons. The minimum atomic E-state index is -0.258. The van der Waals surface area contributed by atoms with Gasteiger partial charge in [0.2, 0.25) is 0 Å². The maximum atomic E-state index is 12.3. The number of likely N-dealkylation sites (tertiary alicyclic amines) is 1. The molecule has 1 aliphatic rings. The number of pyridine rings is 1. The van der Waals surface area contributed by atoms with Crippen molar-refractivity contribution in [1.29, 1.82) is 0 Å². The maximum Gasteiger partial charge on any atom is 0.310 e. The second-order valence-corrected chi connectivity index (χ2v) is 5.59. The number of hydrogen-bond acceptors (Lipinski definition) is 4. The number of carbonyl (C=O) groups excluding carboxylic acids is 2. The summed E-state index contributed by atoms with van der Waals surface area (Å²) in [6, 6.07) is 3.44. The van der Waals surface area contributed by atoms with Gasteiger partial charge in [-0.15, -0.1) is 0 Å². The Morgan fingerprint density at radius 3 is 2.74 bits per heavy atom. The predicted octanol–water partition coefficient (Wildman–Crippen LogP) is 1.73. The normalized spacial score (nSPS) is 22.4. The quantitative estimate of drug-likeness (QED) is 0.776. The lowest BCUT2D eigenvalue weighted by Gasteiger charge is -2.15. The van der Waals surface area contributed by atoms with Crippen LogP contribution in [0.1, 0.15) is 17.4 Å². The summed E-state index contributed by atoms with van der Waals surface area (Å²) in [6.45, 7) is 2.89. The molecule has 1 amide bonds. The summed E-state index contributed by atoms with van der Waals surface area (Å²) in [5.74, 6) is -0.548. The van der Waals surface area contributed by atoms with Crippen LogP contribution in [0.5, 0.6) is 0 Å². The Labute approximate surface area is 120 Å². The lowest BCUT2D eigenvalue weighted by molar-refractivity contribution is -0.146. The topological polar surface area (TPSA) is 59.5 Å². The van der Waals surface area contributed by atoms with Gasteiger partial charge in [0.1, 0.15) is 5.69 Å². The summed E-state index contributed by atoms with van der Waals surface area (Å²) < 4.78 is 5.58. The van der Waals surface area contributed by atoms with E-state index < -0.39 is 0 Å². The van der Waals surface area contributed by atoms with Gasteiger partial charge >= 0.3 is 5.97 Å². The third kappa shape index (κ3) is 2.94. The molecule has 5 nitrogen and oxygen atoms in total. The monoisotopic (exact) mass is 326 g/mol. The van der Waals surface area contributed by atoms with E-state index in [4.69, 9.17) is 4.74 Å². The fraction of sp³-hybridized carbons (Fsp3) is 0.462. The number of esters is 1. The molecule has 2 rings (SSSR count). The number of rotatable bonds is 2. The van der Waals surface area contributed by atoms with Crippen LogP contribution in [-0.2, 0) is 9.53 Å². The van der Waals surface area contributed by atoms with E-state index in [1.54, 1.807) is 23.2 Å². The zero-order chi connectivity index (χ0) is 14.0. The molecule has 19 heavy (non-hydrogen) atoms. The van der Waals surface area contributed by atoms with Crippen LogP contribution in [0, 0.1) is 11.8 Å². The zero-order valence-electron chi connectivity index (χ0n) is 10.8. The van der Waals surface area contributed by atoms with E-state index in [9.17, 15) is 9.59 Å². The van der Waals surface area contributed by atoms with E-state index in [0.29, 0.717) is 18.8 Å². The highest BCUT2D eigenvalue weighted by Crippen LogP contribution is 2.25. The minimum absolute atomic E-state index is 0.104. The number of amides is 1. The molecule has 0 spiro atoms. The molecule has 0 saturated carbocycles. The van der Waals surface area contributed by atoms with Gasteiger partial charge in [-0.2, -0.15) is 0 Å². The van der Waals surface area contributed by atoms with Crippen molar-refractivity contribution in [1.82, 2.24) is 9.88 Å². The van der Waals surface area contributed by atoms with Crippen LogP contribution in [0.2, 0.25) is 0 Å². The van der Waals surface area contributed by atoms with Crippen LogP contribution in [0.4, 0.5) is 0 Å². The number of halogens is 1. The van der Waals surface area contributed by atoms with Crippen molar-refractivity contribution in [3.63, 3.8) is 0 Å². The molecule has 102 valence electrons. The predicted molar refractivity (Wildman–Crippen MR) is 72.5 cm³/mol. The first-order chi connectivity index (χ1) is 9.02. The number of aromatic nitrogens is 1. The molecular formula is C13H15BrN2O3. The van der Waals surface area contributed by atoms with Gasteiger partial charge in [0.15, 0.2) is 0 Å². The van der Waals surface area contributed by atoms with Gasteiger partial charge in [-0.3, -0.25) is 9.59 Å². The highest BCUT2D eigenvalue weighted by Gasteiger charge is 2.38. The molecule has 1 fully saturated rings. The van der Waals surface area contributed by atoms with E-state index in [2.05, 4.69) is 20.9 Å². The summed E-state index contributed by atoms with van der Waals surface area (Å²) >= 11 is 3.28. The number of ether oxygens (including phenoxy) is 1. The lowest BCUT2D eigenvalue weighted by atomic mass is 9.99. The average molecular weight is 327 g/mol. The Bertz CT molecular complexity index is 489. The average Bonchev–Trinajstić information content (AvgIpc) is 2.80. The van der Waals surface area contributed by atoms with Crippen LogP contribution in [0.3, 0.4) is 0 Å². The summed E-state index contributed by atoms with van der Waals surface area (Å²) in [5, 5.41) is 0. The highest BCUT2D eigenvalue weighted by atomic mass is 79.9. The van der Waals surface area contributed by atoms with Crippen molar-refractivity contribution in [2.45, 2.75) is 6.92 Å². The molecule has 1 saturated heterocycles. The standard InChI is InChI=1S/C13H15BrN2O3/c1-8-6-16(7-10(8)13(18)19-2)12(17)11-4-3-9(14)5-15-11/h3-5,8,10H,6-7H2,1-2H3. The Hall–Kier alpha value is -1.43. The molecule has 2 heterocycles. The second-order valence-electron chi connectivity index (χ2n) is 4.68. The highest BCUT2D eigenvalue weighted by molar-refractivity contribution is 9.10. The minimum Gasteiger partial charge on any atom is -0.469 e. The fourth-order valence-electron chi connectivity index (χ4n) is 2.26. The van der Waals surface area contributed by atoms with Gasteiger partial charge in [0, 0.05) is 23.8 Å². The smallest absolute Gasteiger partial charge is 0.310 e. The van der Waals surface area contributed by atoms with Crippen molar-refractivity contribution in [3.05, 3.63) is 28.5 Å². The summed E-state index contributed by atoms with van der Waals surface area (Å²) in [7, 11) is 1.37. The van der Waals surface area contributed by atoms with Gasteiger partial charge in [0.05, 0.1) is 13.0 Å². The van der Waals surface area contributed by atoms with Crippen LogP contribution in [-0.4, -0.2) is 42.0 Å². The van der Waals surface area contributed by atoms with E-state index in [0.717, 1.165) is 4.47 Å². The molecule has 1 aromatic heterocycles. The van der Waals surface area contributed by atoms with Crippen LogP contribution >= 0.6 is 15.9 Å². The van der Waals surface area contributed by atoms with Crippen molar-refractivity contribution >= 4 is 27.8 Å². The van der Waals surface area contributed by atoms with Crippen LogP contribution in [0.15, 0.2) is 22.8 Å². The third-order valence-corrected chi connectivity index (χ3v) is 3.82. The maximum absolute atomic E-state index is 12.3. The summed E-state index contributed by atoms with van der Waals surface area (Å²) in [4.78, 5) is 29.6. The van der Waals surface area contributed by atoms with Crippen molar-refractivity contribution in [2.24, 2.45) is 11.8 Å². The fourth-order valence-corrected chi connectivity index (χ4v) is 2.49. The van der Waals surface area contributed by atoms with Crippen molar-refractivity contribution in [3.8, 4) is 0 Å². The molecular weight excluding hydrogens is 312 g/mol. The van der Waals surface area contributed by atoms with Crippen LogP contribution in [0.25, 0.3) is 0 Å². The van der Waals surface area contributed by atoms with Gasteiger partial charge in [-0.1, -0.05) is 6.92 Å².